The Hall–Kier alpha value is 0.0169. The van der Waals surface area contributed by atoms with Crippen LogP contribution in [0.4, 0.5) is 0 Å². The fraction of sp³-hybridized carbons (Fsp3) is 1.00. The largest absolute Gasteiger partial charge is 0.484 e. The van der Waals surface area contributed by atoms with Crippen molar-refractivity contribution in [3.05, 3.63) is 0 Å². The topological polar surface area (TPSA) is 49.5 Å². The summed E-state index contributed by atoms with van der Waals surface area (Å²) in [6, 6.07) is 0. The predicted octanol–water partition coefficient (Wildman–Crippen LogP) is 1.77. The molecular weight excluding hydrogens is 264 g/mol. The SMILES string of the molecule is CCCO[SiH](OCCC)OCCCCOCC1CO1. The number of epoxide rings is 1. The Morgan fingerprint density at radius 3 is 2.11 bits per heavy atom. The summed E-state index contributed by atoms with van der Waals surface area (Å²) in [5.41, 5.74) is 0. The first-order valence-electron chi connectivity index (χ1n) is 7.41. The molecule has 19 heavy (non-hydrogen) atoms. The molecule has 0 saturated carbocycles. The van der Waals surface area contributed by atoms with Gasteiger partial charge in [-0.05, 0) is 25.7 Å². The number of unbranched alkanes of at least 4 members (excludes halogenated alkanes) is 1. The van der Waals surface area contributed by atoms with E-state index < -0.39 is 9.53 Å². The van der Waals surface area contributed by atoms with E-state index in [2.05, 4.69) is 13.8 Å². The van der Waals surface area contributed by atoms with Crippen molar-refractivity contribution in [1.29, 1.82) is 0 Å². The van der Waals surface area contributed by atoms with Crippen LogP contribution in [-0.4, -0.2) is 55.3 Å². The molecule has 1 aliphatic rings. The third-order valence-corrected chi connectivity index (χ3v) is 4.08. The van der Waals surface area contributed by atoms with Crippen LogP contribution in [0.2, 0.25) is 0 Å². The molecule has 1 rings (SSSR count). The minimum absolute atomic E-state index is 0.359. The van der Waals surface area contributed by atoms with Gasteiger partial charge in [0.05, 0.1) is 13.2 Å². The summed E-state index contributed by atoms with van der Waals surface area (Å²) >= 11 is 0. The first kappa shape index (κ1) is 17.1. The molecule has 0 bridgehead atoms. The van der Waals surface area contributed by atoms with Crippen LogP contribution in [0.25, 0.3) is 0 Å². The van der Waals surface area contributed by atoms with Gasteiger partial charge >= 0.3 is 9.53 Å². The van der Waals surface area contributed by atoms with E-state index in [1.54, 1.807) is 0 Å². The Morgan fingerprint density at radius 2 is 1.53 bits per heavy atom. The van der Waals surface area contributed by atoms with E-state index in [-0.39, 0.29) is 0 Å². The van der Waals surface area contributed by atoms with Gasteiger partial charge in [0.25, 0.3) is 0 Å². The van der Waals surface area contributed by atoms with Crippen LogP contribution in [-0.2, 0) is 22.8 Å². The number of hydrogen-bond acceptors (Lipinski definition) is 5. The monoisotopic (exact) mass is 292 g/mol. The van der Waals surface area contributed by atoms with Gasteiger partial charge in [-0.2, -0.15) is 0 Å². The highest BCUT2D eigenvalue weighted by Gasteiger charge is 2.21. The second-order valence-electron chi connectivity index (χ2n) is 4.64. The molecule has 5 nitrogen and oxygen atoms in total. The maximum atomic E-state index is 5.70. The molecule has 1 saturated heterocycles. The highest BCUT2D eigenvalue weighted by Crippen LogP contribution is 2.08. The minimum atomic E-state index is -1.89. The van der Waals surface area contributed by atoms with Crippen LogP contribution >= 0.6 is 0 Å². The normalized spacial score (nSPS) is 18.2. The summed E-state index contributed by atoms with van der Waals surface area (Å²) in [7, 11) is -1.89. The van der Waals surface area contributed by atoms with Gasteiger partial charge < -0.3 is 22.8 Å². The van der Waals surface area contributed by atoms with Crippen molar-refractivity contribution in [1.82, 2.24) is 0 Å². The summed E-state index contributed by atoms with van der Waals surface area (Å²) in [4.78, 5) is 0. The van der Waals surface area contributed by atoms with Gasteiger partial charge in [-0.3, -0.25) is 0 Å². The lowest BCUT2D eigenvalue weighted by Crippen LogP contribution is -2.28. The molecule has 0 radical (unpaired) electrons. The number of ether oxygens (including phenoxy) is 2. The molecule has 1 atom stereocenters. The summed E-state index contributed by atoms with van der Waals surface area (Å²) in [6.07, 6.45) is 4.35. The lowest BCUT2D eigenvalue weighted by atomic mass is 10.3. The molecule has 0 aromatic rings. The van der Waals surface area contributed by atoms with Crippen LogP contribution in [0.15, 0.2) is 0 Å². The van der Waals surface area contributed by atoms with Crippen molar-refractivity contribution < 1.29 is 22.8 Å². The molecule has 0 N–H and O–H groups in total. The maximum Gasteiger partial charge on any atom is 0.484 e. The van der Waals surface area contributed by atoms with E-state index in [9.17, 15) is 0 Å². The molecule has 0 aliphatic carbocycles. The van der Waals surface area contributed by atoms with Crippen LogP contribution < -0.4 is 0 Å². The van der Waals surface area contributed by atoms with Crippen LogP contribution in [0.3, 0.4) is 0 Å². The fourth-order valence-corrected chi connectivity index (χ4v) is 2.94. The predicted molar refractivity (Wildman–Crippen MR) is 75.4 cm³/mol. The smallest absolute Gasteiger partial charge is 0.379 e. The second kappa shape index (κ2) is 11.8. The average Bonchev–Trinajstić information content (AvgIpc) is 3.24. The Bertz CT molecular complexity index is 193. The van der Waals surface area contributed by atoms with Crippen molar-refractivity contribution in [3.8, 4) is 0 Å². The van der Waals surface area contributed by atoms with Crippen LogP contribution in [0, 0.1) is 0 Å². The fourth-order valence-electron chi connectivity index (χ4n) is 1.44. The highest BCUT2D eigenvalue weighted by molar-refractivity contribution is 6.36. The van der Waals surface area contributed by atoms with E-state index in [0.29, 0.717) is 12.7 Å². The summed E-state index contributed by atoms with van der Waals surface area (Å²) in [6.45, 7) is 8.71. The third-order valence-electron chi connectivity index (χ3n) is 2.56. The summed E-state index contributed by atoms with van der Waals surface area (Å²) in [5, 5.41) is 0. The van der Waals surface area contributed by atoms with Gasteiger partial charge in [-0.25, -0.2) is 0 Å². The van der Waals surface area contributed by atoms with Gasteiger partial charge in [0.2, 0.25) is 0 Å². The average molecular weight is 292 g/mol. The van der Waals surface area contributed by atoms with Gasteiger partial charge in [0, 0.05) is 26.4 Å². The van der Waals surface area contributed by atoms with E-state index in [1.807, 2.05) is 0 Å². The molecule has 1 unspecified atom stereocenters. The zero-order valence-electron chi connectivity index (χ0n) is 12.3. The Labute approximate surface area is 118 Å². The van der Waals surface area contributed by atoms with E-state index in [0.717, 1.165) is 58.7 Å². The number of rotatable bonds is 14. The van der Waals surface area contributed by atoms with Gasteiger partial charge in [0.1, 0.15) is 6.10 Å². The van der Waals surface area contributed by atoms with Crippen molar-refractivity contribution in [2.24, 2.45) is 0 Å². The van der Waals surface area contributed by atoms with E-state index in [4.69, 9.17) is 22.8 Å². The quantitative estimate of drug-likeness (QED) is 0.277. The molecular formula is C13H28O5Si. The molecule has 0 spiro atoms. The lowest BCUT2D eigenvalue weighted by molar-refractivity contribution is 0.0830. The van der Waals surface area contributed by atoms with Crippen LogP contribution in [0.1, 0.15) is 39.5 Å². The van der Waals surface area contributed by atoms with Gasteiger partial charge in [0.15, 0.2) is 0 Å². The Balaban J connectivity index is 1.89. The standard InChI is InChI=1S/C13H28O5Si/c1-3-7-16-19(17-8-4-2)18-10-6-5-9-14-11-13-12-15-13/h13,19H,3-12H2,1-2H3. The van der Waals surface area contributed by atoms with E-state index >= 15 is 0 Å². The van der Waals surface area contributed by atoms with E-state index in [1.165, 1.54) is 0 Å². The maximum absolute atomic E-state index is 5.70. The van der Waals surface area contributed by atoms with Crippen molar-refractivity contribution in [2.75, 3.05) is 39.6 Å². The lowest BCUT2D eigenvalue weighted by Gasteiger charge is -2.16. The summed E-state index contributed by atoms with van der Waals surface area (Å²) < 4.78 is 27.4. The Morgan fingerprint density at radius 1 is 0.947 bits per heavy atom. The zero-order chi connectivity index (χ0) is 13.8. The van der Waals surface area contributed by atoms with Gasteiger partial charge in [-0.1, -0.05) is 13.8 Å². The summed E-state index contributed by atoms with van der Waals surface area (Å²) in [5.74, 6) is 0. The molecule has 0 amide bonds. The first-order valence-corrected chi connectivity index (χ1v) is 8.82. The molecule has 114 valence electrons. The molecule has 1 aliphatic heterocycles. The minimum Gasteiger partial charge on any atom is -0.379 e. The first-order chi connectivity index (χ1) is 9.36. The second-order valence-corrected chi connectivity index (χ2v) is 6.22. The Kier molecular flexibility index (Phi) is 10.6. The van der Waals surface area contributed by atoms with Crippen LogP contribution in [0.5, 0.6) is 0 Å². The van der Waals surface area contributed by atoms with Crippen molar-refractivity contribution in [2.45, 2.75) is 45.6 Å². The van der Waals surface area contributed by atoms with Gasteiger partial charge in [-0.15, -0.1) is 0 Å². The zero-order valence-corrected chi connectivity index (χ0v) is 13.4. The molecule has 1 heterocycles. The molecule has 1 fully saturated rings. The van der Waals surface area contributed by atoms with Crippen molar-refractivity contribution >= 4 is 9.53 Å². The van der Waals surface area contributed by atoms with Crippen molar-refractivity contribution in [3.63, 3.8) is 0 Å². The molecule has 0 aromatic carbocycles. The highest BCUT2D eigenvalue weighted by atomic mass is 28.3. The number of hydrogen-bond donors (Lipinski definition) is 0. The molecule has 6 heteroatoms. The molecule has 0 aromatic heterocycles. The third kappa shape index (κ3) is 10.5.